The van der Waals surface area contributed by atoms with Gasteiger partial charge in [-0.3, -0.25) is 15.5 Å². The molecule has 0 amide bonds. The number of hydrogen-bond acceptors (Lipinski definition) is 5. The zero-order valence-electron chi connectivity index (χ0n) is 7.76. The van der Waals surface area contributed by atoms with Crippen molar-refractivity contribution in [2.24, 2.45) is 5.10 Å². The average Bonchev–Trinajstić information content (AvgIpc) is 2.66. The average molecular weight is 244 g/mol. The Balaban J connectivity index is 2.57. The van der Waals surface area contributed by atoms with Crippen molar-refractivity contribution in [3.05, 3.63) is 27.1 Å². The molecule has 6 nitrogen and oxygen atoms in total. The number of thiocarbonyl (C=S) groups is 1. The summed E-state index contributed by atoms with van der Waals surface area (Å²) < 4.78 is 0. The van der Waals surface area contributed by atoms with Gasteiger partial charge in [0.2, 0.25) is 0 Å². The van der Waals surface area contributed by atoms with Gasteiger partial charge in [-0.25, -0.2) is 0 Å². The summed E-state index contributed by atoms with van der Waals surface area (Å²) >= 11 is 5.82. The molecule has 0 saturated carbocycles. The highest BCUT2D eigenvalue weighted by molar-refractivity contribution is 7.80. The van der Waals surface area contributed by atoms with Crippen LogP contribution in [-0.2, 0) is 0 Å². The Labute approximate surface area is 95.1 Å². The van der Waals surface area contributed by atoms with Crippen molar-refractivity contribution < 1.29 is 4.92 Å². The molecule has 0 spiro atoms. The molecule has 1 aromatic heterocycles. The zero-order chi connectivity index (χ0) is 11.3. The molecule has 0 aliphatic heterocycles. The van der Waals surface area contributed by atoms with E-state index in [9.17, 15) is 10.1 Å². The van der Waals surface area contributed by atoms with Crippen molar-refractivity contribution in [3.8, 4) is 0 Å². The first kappa shape index (κ1) is 11.5. The van der Waals surface area contributed by atoms with Crippen LogP contribution < -0.4 is 10.7 Å². The number of hydrazone groups is 1. The van der Waals surface area contributed by atoms with Gasteiger partial charge in [0, 0.05) is 13.1 Å². The Bertz CT molecular complexity index is 401. The fourth-order valence-electron chi connectivity index (χ4n) is 0.720. The molecule has 0 aromatic carbocycles. The lowest BCUT2D eigenvalue weighted by Crippen LogP contribution is -2.28. The highest BCUT2D eigenvalue weighted by Crippen LogP contribution is 2.22. The van der Waals surface area contributed by atoms with E-state index in [4.69, 9.17) is 12.2 Å². The molecule has 0 saturated heterocycles. The summed E-state index contributed by atoms with van der Waals surface area (Å²) in [5.74, 6) is 0. The van der Waals surface area contributed by atoms with E-state index in [1.165, 1.54) is 12.3 Å². The summed E-state index contributed by atoms with van der Waals surface area (Å²) in [5.41, 5.74) is 2.55. The third-order valence-electron chi connectivity index (χ3n) is 1.38. The third kappa shape index (κ3) is 3.60. The monoisotopic (exact) mass is 244 g/mol. The molecule has 15 heavy (non-hydrogen) atoms. The van der Waals surface area contributed by atoms with Crippen LogP contribution in [0.2, 0.25) is 0 Å². The van der Waals surface area contributed by atoms with E-state index in [0.717, 1.165) is 11.3 Å². The Morgan fingerprint density at radius 3 is 3.00 bits per heavy atom. The number of thiophene rings is 1. The van der Waals surface area contributed by atoms with Gasteiger partial charge in [-0.15, -0.1) is 0 Å². The molecule has 0 aliphatic rings. The summed E-state index contributed by atoms with van der Waals surface area (Å²) in [5, 5.41) is 17.3. The molecule has 1 heterocycles. The van der Waals surface area contributed by atoms with Crippen LogP contribution in [0.15, 0.2) is 17.2 Å². The third-order valence-corrected chi connectivity index (χ3v) is 2.64. The summed E-state index contributed by atoms with van der Waals surface area (Å²) in [6.45, 7) is 0. The highest BCUT2D eigenvalue weighted by atomic mass is 32.1. The number of nitrogens with zero attached hydrogens (tertiary/aromatic N) is 2. The topological polar surface area (TPSA) is 79.6 Å². The summed E-state index contributed by atoms with van der Waals surface area (Å²) in [4.78, 5) is 10.6. The lowest BCUT2D eigenvalue weighted by atomic mass is 10.5. The zero-order valence-corrected chi connectivity index (χ0v) is 9.39. The SMILES string of the molecule is CNC(=S)N/N=C/c1ccc([N+](=O)[O-])s1. The summed E-state index contributed by atoms with van der Waals surface area (Å²) in [6, 6.07) is 3.05. The Morgan fingerprint density at radius 2 is 2.47 bits per heavy atom. The maximum atomic E-state index is 10.4. The van der Waals surface area contributed by atoms with E-state index < -0.39 is 4.92 Å². The van der Waals surface area contributed by atoms with Gasteiger partial charge in [0.25, 0.3) is 0 Å². The van der Waals surface area contributed by atoms with Crippen LogP contribution in [-0.4, -0.2) is 23.3 Å². The van der Waals surface area contributed by atoms with Crippen molar-refractivity contribution in [2.45, 2.75) is 0 Å². The molecule has 0 unspecified atom stereocenters. The molecule has 8 heteroatoms. The first-order valence-corrected chi connectivity index (χ1v) is 5.11. The van der Waals surface area contributed by atoms with Crippen LogP contribution in [0.3, 0.4) is 0 Å². The van der Waals surface area contributed by atoms with Crippen molar-refractivity contribution in [1.82, 2.24) is 10.7 Å². The van der Waals surface area contributed by atoms with Crippen LogP contribution in [0.1, 0.15) is 4.88 Å². The molecular weight excluding hydrogens is 236 g/mol. The molecule has 80 valence electrons. The normalized spacial score (nSPS) is 10.2. The van der Waals surface area contributed by atoms with Crippen LogP contribution in [0.5, 0.6) is 0 Å². The fraction of sp³-hybridized carbons (Fsp3) is 0.143. The van der Waals surface area contributed by atoms with Crippen molar-refractivity contribution in [1.29, 1.82) is 0 Å². The van der Waals surface area contributed by atoms with Crippen molar-refractivity contribution in [2.75, 3.05) is 7.05 Å². The van der Waals surface area contributed by atoms with Gasteiger partial charge in [-0.1, -0.05) is 11.3 Å². The second kappa shape index (κ2) is 5.37. The maximum Gasteiger partial charge on any atom is 0.324 e. The lowest BCUT2D eigenvalue weighted by molar-refractivity contribution is -0.380. The van der Waals surface area contributed by atoms with E-state index in [2.05, 4.69) is 15.8 Å². The molecule has 1 rings (SSSR count). The number of nitro groups is 1. The standard InChI is InChI=1S/C7H8N4O2S2/c1-8-7(14)10-9-4-5-2-3-6(15-5)11(12)13/h2-4H,1H3,(H2,8,10,14)/b9-4+. The predicted molar refractivity (Wildman–Crippen MR) is 63.4 cm³/mol. The van der Waals surface area contributed by atoms with Gasteiger partial charge in [0.1, 0.15) is 0 Å². The van der Waals surface area contributed by atoms with Gasteiger partial charge < -0.3 is 5.32 Å². The summed E-state index contributed by atoms with van der Waals surface area (Å²) in [6.07, 6.45) is 1.47. The van der Waals surface area contributed by atoms with E-state index in [1.807, 2.05) is 0 Å². The largest absolute Gasteiger partial charge is 0.364 e. The molecule has 0 radical (unpaired) electrons. The Morgan fingerprint density at radius 1 is 1.73 bits per heavy atom. The van der Waals surface area contributed by atoms with E-state index in [-0.39, 0.29) is 5.00 Å². The fourth-order valence-corrected chi connectivity index (χ4v) is 1.47. The second-order valence-electron chi connectivity index (χ2n) is 2.38. The molecule has 0 fully saturated rings. The maximum absolute atomic E-state index is 10.4. The summed E-state index contributed by atoms with van der Waals surface area (Å²) in [7, 11) is 1.67. The van der Waals surface area contributed by atoms with Gasteiger partial charge in [-0.2, -0.15) is 5.10 Å². The molecule has 2 N–H and O–H groups in total. The van der Waals surface area contributed by atoms with E-state index in [1.54, 1.807) is 13.1 Å². The predicted octanol–water partition coefficient (Wildman–Crippen LogP) is 1.08. The minimum absolute atomic E-state index is 0.0904. The first-order chi connectivity index (χ1) is 7.13. The second-order valence-corrected chi connectivity index (χ2v) is 3.88. The van der Waals surface area contributed by atoms with Gasteiger partial charge in [0.05, 0.1) is 16.0 Å². The van der Waals surface area contributed by atoms with Crippen molar-refractivity contribution in [3.63, 3.8) is 0 Å². The van der Waals surface area contributed by atoms with Crippen LogP contribution in [0.25, 0.3) is 0 Å². The Hall–Kier alpha value is -1.54. The lowest BCUT2D eigenvalue weighted by Gasteiger charge is -1.97. The first-order valence-electron chi connectivity index (χ1n) is 3.88. The van der Waals surface area contributed by atoms with Crippen LogP contribution in [0, 0.1) is 10.1 Å². The molecule has 0 bridgehead atoms. The van der Waals surface area contributed by atoms with Crippen LogP contribution >= 0.6 is 23.6 Å². The minimum Gasteiger partial charge on any atom is -0.364 e. The Kier molecular flexibility index (Phi) is 4.13. The van der Waals surface area contributed by atoms with Crippen LogP contribution in [0.4, 0.5) is 5.00 Å². The van der Waals surface area contributed by atoms with E-state index in [0.29, 0.717) is 9.99 Å². The highest BCUT2D eigenvalue weighted by Gasteiger charge is 2.07. The number of rotatable bonds is 3. The minimum atomic E-state index is -0.437. The van der Waals surface area contributed by atoms with Gasteiger partial charge >= 0.3 is 5.00 Å². The molecule has 0 aliphatic carbocycles. The van der Waals surface area contributed by atoms with Gasteiger partial charge in [-0.05, 0) is 18.3 Å². The molecule has 0 atom stereocenters. The number of hydrogen-bond donors (Lipinski definition) is 2. The van der Waals surface area contributed by atoms with Crippen molar-refractivity contribution >= 4 is 39.9 Å². The van der Waals surface area contributed by atoms with Gasteiger partial charge in [0.15, 0.2) is 5.11 Å². The smallest absolute Gasteiger partial charge is 0.324 e. The van der Waals surface area contributed by atoms with E-state index >= 15 is 0 Å². The number of nitrogens with one attached hydrogen (secondary N) is 2. The molecule has 1 aromatic rings. The molecular formula is C7H8N4O2S2. The quantitative estimate of drug-likeness (QED) is 0.360.